The maximum Gasteiger partial charge on any atom is 0.195 e. The Labute approximate surface area is 121 Å². The Morgan fingerprint density at radius 2 is 1.65 bits per heavy atom. The maximum atomic E-state index is 7.71. The summed E-state index contributed by atoms with van der Waals surface area (Å²) in [6.45, 7) is 3.53. The molecule has 1 rings (SSSR count). The van der Waals surface area contributed by atoms with Crippen molar-refractivity contribution in [2.24, 2.45) is 0 Å². The lowest BCUT2D eigenvalue weighted by atomic mass is 10.2. The zero-order valence-electron chi connectivity index (χ0n) is 12.1. The molecule has 0 aliphatic rings. The van der Waals surface area contributed by atoms with E-state index in [9.17, 15) is 0 Å². The van der Waals surface area contributed by atoms with Crippen molar-refractivity contribution in [2.45, 2.75) is 39.2 Å². The van der Waals surface area contributed by atoms with Gasteiger partial charge in [0.1, 0.15) is 0 Å². The predicted molar refractivity (Wildman–Crippen MR) is 84.0 cm³/mol. The van der Waals surface area contributed by atoms with E-state index in [2.05, 4.69) is 22.9 Å². The molecule has 0 amide bonds. The van der Waals surface area contributed by atoms with Crippen molar-refractivity contribution in [1.82, 2.24) is 16.0 Å². The van der Waals surface area contributed by atoms with E-state index in [-0.39, 0.29) is 11.9 Å². The normalized spacial score (nSPS) is 9.85. The van der Waals surface area contributed by atoms with Gasteiger partial charge in [0, 0.05) is 13.1 Å². The number of unbranched alkanes of at least 4 members (excludes halogenated alkanes) is 3. The van der Waals surface area contributed by atoms with Crippen molar-refractivity contribution in [3.8, 4) is 0 Å². The van der Waals surface area contributed by atoms with Gasteiger partial charge in [-0.3, -0.25) is 16.1 Å². The fraction of sp³-hybridized carbons (Fsp3) is 0.467. The van der Waals surface area contributed by atoms with Gasteiger partial charge in [-0.25, -0.2) is 0 Å². The first-order valence-corrected chi connectivity index (χ1v) is 7.18. The molecule has 0 bridgehead atoms. The number of benzene rings is 1. The van der Waals surface area contributed by atoms with E-state index >= 15 is 0 Å². The molecule has 0 radical (unpaired) electrons. The minimum Gasteiger partial charge on any atom is -0.356 e. The molecule has 0 spiro atoms. The van der Waals surface area contributed by atoms with E-state index in [4.69, 9.17) is 10.8 Å². The molecule has 0 atom stereocenters. The van der Waals surface area contributed by atoms with Crippen LogP contribution in [0.4, 0.5) is 0 Å². The molecule has 5 N–H and O–H groups in total. The van der Waals surface area contributed by atoms with Crippen LogP contribution in [0.2, 0.25) is 0 Å². The first-order chi connectivity index (χ1) is 9.72. The second-order valence-electron chi connectivity index (χ2n) is 4.70. The monoisotopic (exact) mass is 275 g/mol. The molecule has 110 valence electrons. The first-order valence-electron chi connectivity index (χ1n) is 7.18. The highest BCUT2D eigenvalue weighted by molar-refractivity contribution is 5.95. The van der Waals surface area contributed by atoms with Crippen LogP contribution in [-0.4, -0.2) is 18.5 Å². The summed E-state index contributed by atoms with van der Waals surface area (Å²) in [5.74, 6) is 0.312. The molecular weight excluding hydrogens is 250 g/mol. The highest BCUT2D eigenvalue weighted by Crippen LogP contribution is 1.97. The zero-order chi connectivity index (χ0) is 14.6. The van der Waals surface area contributed by atoms with Crippen LogP contribution in [0.25, 0.3) is 0 Å². The summed E-state index contributed by atoms with van der Waals surface area (Å²) in [7, 11) is 0. The Morgan fingerprint density at radius 1 is 0.950 bits per heavy atom. The van der Waals surface area contributed by atoms with Crippen LogP contribution in [0.5, 0.6) is 0 Å². The quantitative estimate of drug-likeness (QED) is 0.301. The third-order valence-corrected chi connectivity index (χ3v) is 2.89. The second-order valence-corrected chi connectivity index (χ2v) is 4.70. The zero-order valence-corrected chi connectivity index (χ0v) is 12.1. The van der Waals surface area contributed by atoms with Gasteiger partial charge in [0.05, 0.1) is 0 Å². The lowest BCUT2D eigenvalue weighted by molar-refractivity contribution is 0.650. The summed E-state index contributed by atoms with van der Waals surface area (Å²) in [6, 6.07) is 9.89. The SMILES string of the molecule is CCCCCCNC(=N)NC(=N)NCc1ccccc1. The molecule has 5 heteroatoms. The van der Waals surface area contributed by atoms with Gasteiger partial charge in [-0.1, -0.05) is 56.5 Å². The van der Waals surface area contributed by atoms with Crippen LogP contribution in [0, 0.1) is 10.8 Å². The van der Waals surface area contributed by atoms with Crippen LogP contribution < -0.4 is 16.0 Å². The fourth-order valence-corrected chi connectivity index (χ4v) is 1.76. The largest absolute Gasteiger partial charge is 0.356 e. The molecule has 0 saturated carbocycles. The number of hydrogen-bond donors (Lipinski definition) is 5. The van der Waals surface area contributed by atoms with Crippen molar-refractivity contribution < 1.29 is 0 Å². The third kappa shape index (κ3) is 7.41. The van der Waals surface area contributed by atoms with Crippen molar-refractivity contribution in [1.29, 1.82) is 10.8 Å². The number of rotatable bonds is 7. The van der Waals surface area contributed by atoms with Crippen LogP contribution in [0.15, 0.2) is 30.3 Å². The van der Waals surface area contributed by atoms with Gasteiger partial charge in [-0.05, 0) is 12.0 Å². The average molecular weight is 275 g/mol. The van der Waals surface area contributed by atoms with Crippen molar-refractivity contribution in [2.75, 3.05) is 6.54 Å². The highest BCUT2D eigenvalue weighted by Gasteiger charge is 2.00. The highest BCUT2D eigenvalue weighted by atomic mass is 15.2. The topological polar surface area (TPSA) is 83.8 Å². The van der Waals surface area contributed by atoms with Gasteiger partial charge in [0.25, 0.3) is 0 Å². The summed E-state index contributed by atoms with van der Waals surface area (Å²) >= 11 is 0. The molecule has 0 saturated heterocycles. The molecule has 1 aromatic carbocycles. The van der Waals surface area contributed by atoms with Gasteiger partial charge < -0.3 is 10.6 Å². The summed E-state index contributed by atoms with van der Waals surface area (Å²) in [4.78, 5) is 0. The molecular formula is C15H25N5. The standard InChI is InChI=1S/C15H25N5/c1-2-3-4-8-11-18-14(16)20-15(17)19-12-13-9-6-5-7-10-13/h5-7,9-10H,2-4,8,11-12H2,1H3,(H5,16,17,18,19,20). The third-order valence-electron chi connectivity index (χ3n) is 2.89. The molecule has 5 nitrogen and oxygen atoms in total. The Kier molecular flexibility index (Phi) is 7.87. The Bertz CT molecular complexity index is 402. The van der Waals surface area contributed by atoms with Gasteiger partial charge in [-0.15, -0.1) is 0 Å². The summed E-state index contributed by atoms with van der Waals surface area (Å²) in [5.41, 5.74) is 1.11. The summed E-state index contributed by atoms with van der Waals surface area (Å²) in [6.07, 6.45) is 4.68. The van der Waals surface area contributed by atoms with E-state index in [0.717, 1.165) is 18.5 Å². The van der Waals surface area contributed by atoms with Crippen LogP contribution in [0.1, 0.15) is 38.2 Å². The van der Waals surface area contributed by atoms with E-state index in [1.807, 2.05) is 30.3 Å². The van der Waals surface area contributed by atoms with Gasteiger partial charge in [-0.2, -0.15) is 0 Å². The number of hydrogen-bond acceptors (Lipinski definition) is 2. The maximum absolute atomic E-state index is 7.71. The average Bonchev–Trinajstić information content (AvgIpc) is 2.46. The van der Waals surface area contributed by atoms with Crippen LogP contribution in [-0.2, 0) is 6.54 Å². The van der Waals surface area contributed by atoms with Gasteiger partial charge >= 0.3 is 0 Å². The summed E-state index contributed by atoms with van der Waals surface area (Å²) in [5, 5.41) is 24.0. The van der Waals surface area contributed by atoms with Crippen molar-refractivity contribution in [3.63, 3.8) is 0 Å². The predicted octanol–water partition coefficient (Wildman–Crippen LogP) is 2.41. The van der Waals surface area contributed by atoms with Crippen molar-refractivity contribution in [3.05, 3.63) is 35.9 Å². The van der Waals surface area contributed by atoms with E-state index in [1.165, 1.54) is 19.3 Å². The molecule has 0 heterocycles. The Balaban J connectivity index is 2.10. The Morgan fingerprint density at radius 3 is 2.35 bits per heavy atom. The van der Waals surface area contributed by atoms with Crippen molar-refractivity contribution >= 4 is 11.9 Å². The lowest BCUT2D eigenvalue weighted by Crippen LogP contribution is -2.45. The number of nitrogens with one attached hydrogen (secondary N) is 5. The molecule has 20 heavy (non-hydrogen) atoms. The molecule has 0 fully saturated rings. The molecule has 0 unspecified atom stereocenters. The van der Waals surface area contributed by atoms with E-state index < -0.39 is 0 Å². The first kappa shape index (κ1) is 16.0. The molecule has 0 aliphatic carbocycles. The minimum absolute atomic E-state index is 0.139. The molecule has 1 aromatic rings. The van der Waals surface area contributed by atoms with Gasteiger partial charge in [0.2, 0.25) is 0 Å². The number of guanidine groups is 2. The Hall–Kier alpha value is -2.04. The second kappa shape index (κ2) is 9.83. The smallest absolute Gasteiger partial charge is 0.195 e. The fourth-order valence-electron chi connectivity index (χ4n) is 1.76. The lowest BCUT2D eigenvalue weighted by Gasteiger charge is -2.12. The molecule has 0 aromatic heterocycles. The van der Waals surface area contributed by atoms with Gasteiger partial charge in [0.15, 0.2) is 11.9 Å². The van der Waals surface area contributed by atoms with E-state index in [1.54, 1.807) is 0 Å². The van der Waals surface area contributed by atoms with Crippen LogP contribution >= 0.6 is 0 Å². The van der Waals surface area contributed by atoms with E-state index in [0.29, 0.717) is 6.54 Å². The van der Waals surface area contributed by atoms with Crippen LogP contribution in [0.3, 0.4) is 0 Å². The summed E-state index contributed by atoms with van der Waals surface area (Å²) < 4.78 is 0. The molecule has 0 aliphatic heterocycles. The minimum atomic E-state index is 0.139.